The van der Waals surface area contributed by atoms with Crippen molar-refractivity contribution in [1.29, 1.82) is 0 Å². The van der Waals surface area contributed by atoms with Crippen LogP contribution in [-0.4, -0.2) is 27.0 Å². The molecule has 1 unspecified atom stereocenters. The van der Waals surface area contributed by atoms with Crippen molar-refractivity contribution in [3.63, 3.8) is 0 Å². The maximum atomic E-state index is 13.6. The Bertz CT molecular complexity index is 1850. The number of nitrogens with zero attached hydrogens (tertiary/aromatic N) is 3. The van der Waals surface area contributed by atoms with Gasteiger partial charge < -0.3 is 9.84 Å². The van der Waals surface area contributed by atoms with E-state index in [0.717, 1.165) is 5.56 Å². The minimum absolute atomic E-state index is 0.0505. The van der Waals surface area contributed by atoms with E-state index in [2.05, 4.69) is 10.2 Å². The zero-order valence-corrected chi connectivity index (χ0v) is 25.3. The van der Waals surface area contributed by atoms with Gasteiger partial charge in [-0.3, -0.25) is 14.5 Å². The van der Waals surface area contributed by atoms with Crippen molar-refractivity contribution in [1.82, 2.24) is 10.2 Å². The summed E-state index contributed by atoms with van der Waals surface area (Å²) in [5.41, 5.74) is 1.79. The average Bonchev–Trinajstić information content (AvgIpc) is 3.59. The molecule has 1 N–H and O–H groups in total. The van der Waals surface area contributed by atoms with Gasteiger partial charge in [0.1, 0.15) is 17.3 Å². The van der Waals surface area contributed by atoms with Crippen molar-refractivity contribution in [3.8, 4) is 11.5 Å². The fourth-order valence-corrected chi connectivity index (χ4v) is 7.03. The van der Waals surface area contributed by atoms with E-state index < -0.39 is 17.7 Å². The van der Waals surface area contributed by atoms with Gasteiger partial charge in [0.2, 0.25) is 5.13 Å². The summed E-state index contributed by atoms with van der Waals surface area (Å²) in [5.74, 6) is -0.285. The fourth-order valence-electron chi connectivity index (χ4n) is 4.61. The number of hydrogen-bond donors (Lipinski definition) is 1. The standard InChI is InChI=1S/C32H21Cl2N3O4S2/c33-22-15-14-21(25(34)17-22)18-42-32-36-35-31(43-32)37-27(20-10-7-13-24(16-20)41-23-11-5-2-6-12-23)26(29(39)30(37)40)28(38)19-8-3-1-4-9-19/h1-17,27,38H,18H2/b28-26-. The van der Waals surface area contributed by atoms with Crippen molar-refractivity contribution >= 4 is 68.9 Å². The maximum Gasteiger partial charge on any atom is 0.301 e. The van der Waals surface area contributed by atoms with Gasteiger partial charge in [-0.25, -0.2) is 0 Å². The molecule has 2 heterocycles. The first-order valence-corrected chi connectivity index (χ1v) is 15.5. The third kappa shape index (κ3) is 6.16. The molecule has 214 valence electrons. The van der Waals surface area contributed by atoms with Gasteiger partial charge >= 0.3 is 5.91 Å². The largest absolute Gasteiger partial charge is 0.507 e. The molecular weight excluding hydrogens is 625 g/mol. The molecule has 43 heavy (non-hydrogen) atoms. The first-order valence-electron chi connectivity index (χ1n) is 13.0. The number of ether oxygens (including phenoxy) is 1. The van der Waals surface area contributed by atoms with Crippen molar-refractivity contribution < 1.29 is 19.4 Å². The lowest BCUT2D eigenvalue weighted by Gasteiger charge is -2.23. The number of benzene rings is 4. The molecular formula is C32H21Cl2N3O4S2. The molecule has 4 aromatic carbocycles. The molecule has 1 fully saturated rings. The molecule has 7 nitrogen and oxygen atoms in total. The van der Waals surface area contributed by atoms with Crippen LogP contribution in [0.1, 0.15) is 22.7 Å². The van der Waals surface area contributed by atoms with E-state index in [1.54, 1.807) is 66.7 Å². The zero-order valence-electron chi connectivity index (χ0n) is 22.2. The second-order valence-corrected chi connectivity index (χ2v) is 12.4. The van der Waals surface area contributed by atoms with Crippen LogP contribution in [0.4, 0.5) is 5.13 Å². The Labute approximate surface area is 265 Å². The van der Waals surface area contributed by atoms with Crippen molar-refractivity contribution in [2.24, 2.45) is 0 Å². The topological polar surface area (TPSA) is 92.6 Å². The molecule has 1 atom stereocenters. The van der Waals surface area contributed by atoms with Crippen LogP contribution < -0.4 is 9.64 Å². The molecule has 0 spiro atoms. The second-order valence-electron chi connectivity index (χ2n) is 9.40. The minimum atomic E-state index is -0.976. The quantitative estimate of drug-likeness (QED) is 0.0594. The van der Waals surface area contributed by atoms with Gasteiger partial charge in [-0.2, -0.15) is 0 Å². The van der Waals surface area contributed by atoms with Crippen LogP contribution >= 0.6 is 46.3 Å². The van der Waals surface area contributed by atoms with Crippen LogP contribution in [0, 0.1) is 0 Å². The predicted molar refractivity (Wildman–Crippen MR) is 170 cm³/mol. The normalized spacial score (nSPS) is 16.0. The summed E-state index contributed by atoms with van der Waals surface area (Å²) in [6, 6.07) is 29.3. The summed E-state index contributed by atoms with van der Waals surface area (Å²) in [4.78, 5) is 28.4. The minimum Gasteiger partial charge on any atom is -0.507 e. The summed E-state index contributed by atoms with van der Waals surface area (Å²) >= 11 is 14.9. The highest BCUT2D eigenvalue weighted by Gasteiger charge is 2.48. The molecule has 1 aliphatic rings. The number of ketones is 1. The Morgan fingerprint density at radius 1 is 0.884 bits per heavy atom. The number of aliphatic hydroxyl groups is 1. The zero-order chi connectivity index (χ0) is 29.9. The van der Waals surface area contributed by atoms with Crippen molar-refractivity contribution in [2.75, 3.05) is 4.90 Å². The first-order chi connectivity index (χ1) is 20.9. The lowest BCUT2D eigenvalue weighted by molar-refractivity contribution is -0.132. The number of para-hydroxylation sites is 1. The van der Waals surface area contributed by atoms with Gasteiger partial charge in [0.05, 0.1) is 11.6 Å². The average molecular weight is 647 g/mol. The summed E-state index contributed by atoms with van der Waals surface area (Å²) in [7, 11) is 0. The van der Waals surface area contributed by atoms with Gasteiger partial charge in [0.15, 0.2) is 4.34 Å². The molecule has 0 saturated carbocycles. The summed E-state index contributed by atoms with van der Waals surface area (Å²) in [6.45, 7) is 0. The number of carbonyl (C=O) groups excluding carboxylic acids is 2. The maximum absolute atomic E-state index is 13.6. The molecule has 1 aromatic heterocycles. The van der Waals surface area contributed by atoms with E-state index in [-0.39, 0.29) is 16.5 Å². The van der Waals surface area contributed by atoms with E-state index in [1.165, 1.54) is 28.0 Å². The lowest BCUT2D eigenvalue weighted by atomic mass is 9.95. The highest BCUT2D eigenvalue weighted by atomic mass is 35.5. The Balaban J connectivity index is 1.38. The molecule has 0 radical (unpaired) electrons. The lowest BCUT2D eigenvalue weighted by Crippen LogP contribution is -2.29. The Hall–Kier alpha value is -4.15. The molecule has 11 heteroatoms. The van der Waals surface area contributed by atoms with Gasteiger partial charge in [-0.15, -0.1) is 10.2 Å². The van der Waals surface area contributed by atoms with Crippen molar-refractivity contribution in [2.45, 2.75) is 16.1 Å². The summed E-state index contributed by atoms with van der Waals surface area (Å²) < 4.78 is 6.61. The molecule has 1 aliphatic heterocycles. The first kappa shape index (κ1) is 28.9. The Kier molecular flexibility index (Phi) is 8.49. The molecule has 1 saturated heterocycles. The van der Waals surface area contributed by atoms with Crippen LogP contribution in [0.3, 0.4) is 0 Å². The molecule has 5 aromatic rings. The van der Waals surface area contributed by atoms with E-state index >= 15 is 0 Å². The monoisotopic (exact) mass is 645 g/mol. The molecule has 0 aliphatic carbocycles. The fraction of sp³-hybridized carbons (Fsp3) is 0.0625. The third-order valence-electron chi connectivity index (χ3n) is 6.61. The van der Waals surface area contributed by atoms with Crippen LogP contribution in [0.25, 0.3) is 5.76 Å². The van der Waals surface area contributed by atoms with E-state index in [0.29, 0.717) is 42.8 Å². The molecule has 1 amide bonds. The molecule has 6 rings (SSSR count). The van der Waals surface area contributed by atoms with Gasteiger partial charge in [0, 0.05) is 21.4 Å². The summed E-state index contributed by atoms with van der Waals surface area (Å²) in [6.07, 6.45) is 0. The van der Waals surface area contributed by atoms with Gasteiger partial charge in [-0.1, -0.05) is 113 Å². The number of rotatable bonds is 8. The van der Waals surface area contributed by atoms with Crippen molar-refractivity contribution in [3.05, 3.63) is 135 Å². The Morgan fingerprint density at radius 2 is 1.60 bits per heavy atom. The number of anilines is 1. The highest BCUT2D eigenvalue weighted by Crippen LogP contribution is 2.45. The van der Waals surface area contributed by atoms with E-state index in [9.17, 15) is 14.7 Å². The number of hydrogen-bond acceptors (Lipinski definition) is 8. The third-order valence-corrected chi connectivity index (χ3v) is 9.30. The van der Waals surface area contributed by atoms with E-state index in [4.69, 9.17) is 27.9 Å². The van der Waals surface area contributed by atoms with Gasteiger partial charge in [0.25, 0.3) is 5.78 Å². The van der Waals surface area contributed by atoms with Crippen LogP contribution in [0.5, 0.6) is 11.5 Å². The van der Waals surface area contributed by atoms with Gasteiger partial charge in [-0.05, 0) is 47.5 Å². The van der Waals surface area contributed by atoms with Crippen LogP contribution in [-0.2, 0) is 15.3 Å². The molecule has 0 bridgehead atoms. The number of carbonyl (C=O) groups is 2. The number of Topliss-reactive ketones (excluding diaryl/α,β-unsaturated/α-hetero) is 1. The van der Waals surface area contributed by atoms with Crippen LogP contribution in [0.2, 0.25) is 10.0 Å². The smallest absolute Gasteiger partial charge is 0.301 e. The number of aliphatic hydroxyl groups excluding tert-OH is 1. The predicted octanol–water partition coefficient (Wildman–Crippen LogP) is 8.56. The number of amides is 1. The second kappa shape index (κ2) is 12.6. The number of halogens is 2. The summed E-state index contributed by atoms with van der Waals surface area (Å²) in [5, 5.41) is 21.2. The number of aromatic nitrogens is 2. The SMILES string of the molecule is O=C1C(=O)N(c2nnc(SCc3ccc(Cl)cc3Cl)s2)C(c2cccc(Oc3ccccc3)c2)/C1=C(/O)c1ccccc1. The Morgan fingerprint density at radius 3 is 2.35 bits per heavy atom. The highest BCUT2D eigenvalue weighted by molar-refractivity contribution is 8.00. The number of thioether (sulfide) groups is 1. The van der Waals surface area contributed by atoms with E-state index in [1.807, 2.05) is 36.4 Å². The van der Waals surface area contributed by atoms with Crippen LogP contribution in [0.15, 0.2) is 113 Å².